The molecule has 0 aromatic rings. The lowest BCUT2D eigenvalue weighted by atomic mass is 9.74. The largest absolute Gasteiger partial charge is 0.351 e. The average molecular weight is 322 g/mol. The Morgan fingerprint density at radius 1 is 1.22 bits per heavy atom. The molecule has 0 aromatic heterocycles. The highest BCUT2D eigenvalue weighted by atomic mass is 16.2. The highest BCUT2D eigenvalue weighted by Crippen LogP contribution is 2.33. The molecule has 4 atom stereocenters. The fourth-order valence-corrected chi connectivity index (χ4v) is 3.59. The second-order valence-corrected chi connectivity index (χ2v) is 7.84. The van der Waals surface area contributed by atoms with Crippen LogP contribution < -0.4 is 10.6 Å². The van der Waals surface area contributed by atoms with Gasteiger partial charge in [0, 0.05) is 6.04 Å². The summed E-state index contributed by atoms with van der Waals surface area (Å²) in [6.45, 7) is 14.3. The Balaban J connectivity index is 2.77. The maximum absolute atomic E-state index is 12.7. The van der Waals surface area contributed by atoms with Crippen LogP contribution in [0.1, 0.15) is 60.3 Å². The molecule has 0 saturated heterocycles. The highest BCUT2D eigenvalue weighted by molar-refractivity contribution is 5.92. The number of carbonyl (C=O) groups is 2. The molecule has 4 heteroatoms. The predicted molar refractivity (Wildman–Crippen MR) is 94.9 cm³/mol. The quantitative estimate of drug-likeness (QED) is 0.707. The van der Waals surface area contributed by atoms with Gasteiger partial charge in [-0.15, -0.1) is 0 Å². The van der Waals surface area contributed by atoms with Crippen molar-refractivity contribution in [3.63, 3.8) is 0 Å². The van der Waals surface area contributed by atoms with Crippen molar-refractivity contribution in [2.24, 2.45) is 23.7 Å². The molecule has 132 valence electrons. The zero-order chi connectivity index (χ0) is 17.6. The average Bonchev–Trinajstić information content (AvgIpc) is 2.45. The Morgan fingerprint density at radius 3 is 2.39 bits per heavy atom. The first kappa shape index (κ1) is 19.7. The zero-order valence-corrected chi connectivity index (χ0v) is 15.4. The Morgan fingerprint density at radius 2 is 1.87 bits per heavy atom. The third kappa shape index (κ3) is 6.36. The lowest BCUT2D eigenvalue weighted by Gasteiger charge is -2.38. The summed E-state index contributed by atoms with van der Waals surface area (Å²) in [5.74, 6) is 1.70. The molecule has 0 radical (unpaired) electrons. The minimum atomic E-state index is -0.481. The fourth-order valence-electron chi connectivity index (χ4n) is 3.59. The van der Waals surface area contributed by atoms with E-state index < -0.39 is 6.04 Å². The lowest BCUT2D eigenvalue weighted by Crippen LogP contribution is -2.53. The summed E-state index contributed by atoms with van der Waals surface area (Å²) in [6.07, 6.45) is 5.29. The van der Waals surface area contributed by atoms with Gasteiger partial charge in [-0.2, -0.15) is 0 Å². The van der Waals surface area contributed by atoms with Crippen molar-refractivity contribution >= 4 is 11.8 Å². The fraction of sp³-hybridized carbons (Fsp3) is 0.789. The van der Waals surface area contributed by atoms with E-state index in [2.05, 4.69) is 51.8 Å². The number of nitrogens with one attached hydrogen (secondary N) is 2. The number of hydrogen-bond donors (Lipinski definition) is 2. The van der Waals surface area contributed by atoms with Gasteiger partial charge in [0.1, 0.15) is 6.04 Å². The second-order valence-electron chi connectivity index (χ2n) is 7.84. The van der Waals surface area contributed by atoms with Crippen LogP contribution in [0.4, 0.5) is 0 Å². The van der Waals surface area contributed by atoms with E-state index >= 15 is 0 Å². The van der Waals surface area contributed by atoms with Gasteiger partial charge in [-0.3, -0.25) is 9.59 Å². The van der Waals surface area contributed by atoms with Crippen molar-refractivity contribution in [3.8, 4) is 0 Å². The molecule has 23 heavy (non-hydrogen) atoms. The van der Waals surface area contributed by atoms with Crippen LogP contribution in [0, 0.1) is 23.7 Å². The number of amides is 2. The Labute approximate surface area is 141 Å². The lowest BCUT2D eigenvalue weighted by molar-refractivity contribution is -0.128. The molecule has 4 nitrogen and oxygen atoms in total. The monoisotopic (exact) mass is 322 g/mol. The molecule has 0 spiro atoms. The van der Waals surface area contributed by atoms with E-state index in [0.29, 0.717) is 30.1 Å². The Hall–Kier alpha value is -1.32. The molecular formula is C19H34N2O2. The molecule has 0 bridgehead atoms. The summed E-state index contributed by atoms with van der Waals surface area (Å²) in [7, 11) is 0. The van der Waals surface area contributed by atoms with Crippen molar-refractivity contribution in [1.29, 1.82) is 0 Å². The first-order valence-electron chi connectivity index (χ1n) is 8.97. The van der Waals surface area contributed by atoms with Crippen LogP contribution in [0.5, 0.6) is 0 Å². The third-order valence-electron chi connectivity index (χ3n) is 4.88. The number of carbonyl (C=O) groups excluding carboxylic acids is 2. The molecule has 1 fully saturated rings. The van der Waals surface area contributed by atoms with Crippen molar-refractivity contribution in [3.05, 3.63) is 12.7 Å². The van der Waals surface area contributed by atoms with E-state index in [1.54, 1.807) is 0 Å². The first-order valence-corrected chi connectivity index (χ1v) is 8.97. The number of hydrogen-bond acceptors (Lipinski definition) is 2. The van der Waals surface area contributed by atoms with Crippen molar-refractivity contribution in [2.75, 3.05) is 0 Å². The highest BCUT2D eigenvalue weighted by Gasteiger charge is 2.33. The van der Waals surface area contributed by atoms with Crippen LogP contribution in [0.15, 0.2) is 12.7 Å². The molecule has 3 unspecified atom stereocenters. The van der Waals surface area contributed by atoms with E-state index in [1.165, 1.54) is 12.5 Å². The predicted octanol–water partition coefficient (Wildman–Crippen LogP) is 3.28. The summed E-state index contributed by atoms with van der Waals surface area (Å²) >= 11 is 0. The molecule has 0 heterocycles. The van der Waals surface area contributed by atoms with Crippen molar-refractivity contribution in [1.82, 2.24) is 10.6 Å². The summed E-state index contributed by atoms with van der Waals surface area (Å²) in [4.78, 5) is 24.3. The standard InChI is InChI=1S/C19H34N2O2/c1-7-18(22)20-17(10-12(2)3)19(23)21-16-11-14(6)8-9-15(16)13(4)5/h7,12-17H,1,8-11H2,2-6H3,(H,20,22)(H,21,23)/t14?,15?,16?,17-/m0/s1. The summed E-state index contributed by atoms with van der Waals surface area (Å²) in [6, 6.07) is -0.271. The molecule has 1 aliphatic rings. The van der Waals surface area contributed by atoms with Crippen LogP contribution in [0.3, 0.4) is 0 Å². The Kier molecular flexibility index (Phi) is 7.80. The van der Waals surface area contributed by atoms with Crippen LogP contribution in [0.2, 0.25) is 0 Å². The van der Waals surface area contributed by atoms with Gasteiger partial charge in [-0.25, -0.2) is 0 Å². The van der Waals surface area contributed by atoms with Gasteiger partial charge in [-0.05, 0) is 49.0 Å². The SMILES string of the molecule is C=CC(=O)N[C@@H](CC(C)C)C(=O)NC1CC(C)CCC1C(C)C. The van der Waals surface area contributed by atoms with Crippen molar-refractivity contribution < 1.29 is 9.59 Å². The topological polar surface area (TPSA) is 58.2 Å². The molecule has 1 saturated carbocycles. The van der Waals surface area contributed by atoms with E-state index in [-0.39, 0.29) is 17.9 Å². The van der Waals surface area contributed by atoms with Gasteiger partial charge in [0.15, 0.2) is 0 Å². The van der Waals surface area contributed by atoms with Gasteiger partial charge >= 0.3 is 0 Å². The van der Waals surface area contributed by atoms with Gasteiger partial charge in [0.25, 0.3) is 0 Å². The molecule has 2 N–H and O–H groups in total. The molecule has 0 aromatic carbocycles. The minimum Gasteiger partial charge on any atom is -0.351 e. The Bertz CT molecular complexity index is 418. The summed E-state index contributed by atoms with van der Waals surface area (Å²) in [5, 5.41) is 6.00. The van der Waals surface area contributed by atoms with Crippen LogP contribution in [-0.2, 0) is 9.59 Å². The minimum absolute atomic E-state index is 0.0568. The normalized spacial score (nSPS) is 26.0. The zero-order valence-electron chi connectivity index (χ0n) is 15.4. The van der Waals surface area contributed by atoms with Gasteiger partial charge in [0.2, 0.25) is 11.8 Å². The van der Waals surface area contributed by atoms with E-state index in [4.69, 9.17) is 0 Å². The second kappa shape index (κ2) is 9.09. The van der Waals surface area contributed by atoms with Crippen molar-refractivity contribution in [2.45, 2.75) is 72.4 Å². The van der Waals surface area contributed by atoms with Crippen LogP contribution in [0.25, 0.3) is 0 Å². The van der Waals surface area contributed by atoms with E-state index in [1.807, 2.05) is 0 Å². The van der Waals surface area contributed by atoms with E-state index in [9.17, 15) is 9.59 Å². The molecule has 1 aliphatic carbocycles. The molecule has 2 amide bonds. The maximum Gasteiger partial charge on any atom is 0.244 e. The van der Waals surface area contributed by atoms with Gasteiger partial charge in [0.05, 0.1) is 0 Å². The van der Waals surface area contributed by atoms with Crippen LogP contribution in [-0.4, -0.2) is 23.9 Å². The molecule has 0 aliphatic heterocycles. The first-order chi connectivity index (χ1) is 10.7. The van der Waals surface area contributed by atoms with Gasteiger partial charge in [-0.1, -0.05) is 47.6 Å². The smallest absolute Gasteiger partial charge is 0.244 e. The van der Waals surface area contributed by atoms with Crippen LogP contribution >= 0.6 is 0 Å². The number of rotatable bonds is 7. The van der Waals surface area contributed by atoms with E-state index in [0.717, 1.165) is 12.8 Å². The molecular weight excluding hydrogens is 288 g/mol. The van der Waals surface area contributed by atoms with Gasteiger partial charge < -0.3 is 10.6 Å². The maximum atomic E-state index is 12.7. The summed E-state index contributed by atoms with van der Waals surface area (Å²) in [5.41, 5.74) is 0. The third-order valence-corrected chi connectivity index (χ3v) is 4.88. The molecule has 1 rings (SSSR count). The summed E-state index contributed by atoms with van der Waals surface area (Å²) < 4.78 is 0.